The van der Waals surface area contributed by atoms with E-state index in [1.54, 1.807) is 25.3 Å². The van der Waals surface area contributed by atoms with E-state index in [1.807, 2.05) is 24.3 Å². The summed E-state index contributed by atoms with van der Waals surface area (Å²) in [7, 11) is 2.98. The number of ether oxygens (including phenoxy) is 2. The van der Waals surface area contributed by atoms with Gasteiger partial charge in [-0.1, -0.05) is 23.7 Å². The van der Waals surface area contributed by atoms with Gasteiger partial charge in [0, 0.05) is 6.54 Å². The van der Waals surface area contributed by atoms with E-state index in [4.69, 9.17) is 21.1 Å². The number of carbonyl (C=O) groups excluding carboxylic acids is 1. The van der Waals surface area contributed by atoms with Crippen LogP contribution in [-0.4, -0.2) is 20.2 Å². The van der Waals surface area contributed by atoms with Gasteiger partial charge in [0.25, 0.3) is 0 Å². The highest BCUT2D eigenvalue weighted by molar-refractivity contribution is 6.33. The molecule has 0 amide bonds. The number of hydrogen-bond donors (Lipinski definition) is 1. The van der Waals surface area contributed by atoms with Gasteiger partial charge in [0.2, 0.25) is 0 Å². The second-order valence-electron chi connectivity index (χ2n) is 4.39. The van der Waals surface area contributed by atoms with Crippen LogP contribution in [0.5, 0.6) is 5.75 Å². The minimum absolute atomic E-state index is 0.390. The van der Waals surface area contributed by atoms with Crippen molar-refractivity contribution in [1.29, 1.82) is 0 Å². The average molecular weight is 306 g/mol. The van der Waals surface area contributed by atoms with Crippen molar-refractivity contribution in [3.63, 3.8) is 0 Å². The number of halogens is 1. The zero-order valence-corrected chi connectivity index (χ0v) is 12.6. The lowest BCUT2D eigenvalue weighted by Crippen LogP contribution is -2.04. The highest BCUT2D eigenvalue weighted by Gasteiger charge is 2.08. The van der Waals surface area contributed by atoms with Gasteiger partial charge in [0.1, 0.15) is 5.75 Å². The van der Waals surface area contributed by atoms with Crippen molar-refractivity contribution in [2.24, 2.45) is 0 Å². The second-order valence-corrected chi connectivity index (χ2v) is 4.80. The number of nitrogens with one attached hydrogen (secondary N) is 1. The Morgan fingerprint density at radius 2 is 1.86 bits per heavy atom. The standard InChI is InChI=1S/C16H16ClNO3/c1-20-13-6-3-11(4-7-13)10-18-15-9-12(16(19)21-2)5-8-14(15)17/h3-9,18H,10H2,1-2H3. The Kier molecular flexibility index (Phi) is 5.06. The summed E-state index contributed by atoms with van der Waals surface area (Å²) in [5.41, 5.74) is 2.23. The Balaban J connectivity index is 2.09. The molecule has 5 heteroatoms. The van der Waals surface area contributed by atoms with E-state index in [9.17, 15) is 4.79 Å². The molecule has 0 unspecified atom stereocenters. The maximum atomic E-state index is 11.5. The van der Waals surface area contributed by atoms with Crippen LogP contribution in [0.3, 0.4) is 0 Å². The van der Waals surface area contributed by atoms with E-state index in [1.165, 1.54) is 7.11 Å². The van der Waals surface area contributed by atoms with Gasteiger partial charge in [0.15, 0.2) is 0 Å². The molecule has 110 valence electrons. The van der Waals surface area contributed by atoms with Crippen molar-refractivity contribution in [1.82, 2.24) is 0 Å². The largest absolute Gasteiger partial charge is 0.497 e. The monoisotopic (exact) mass is 305 g/mol. The predicted molar refractivity (Wildman–Crippen MR) is 83.1 cm³/mol. The number of rotatable bonds is 5. The zero-order chi connectivity index (χ0) is 15.2. The third kappa shape index (κ3) is 3.89. The van der Waals surface area contributed by atoms with Gasteiger partial charge >= 0.3 is 5.97 Å². The van der Waals surface area contributed by atoms with Crippen molar-refractivity contribution in [2.75, 3.05) is 19.5 Å². The summed E-state index contributed by atoms with van der Waals surface area (Å²) in [6.07, 6.45) is 0. The van der Waals surface area contributed by atoms with Crippen LogP contribution >= 0.6 is 11.6 Å². The lowest BCUT2D eigenvalue weighted by molar-refractivity contribution is 0.0601. The molecule has 2 aromatic rings. The molecule has 0 aliphatic heterocycles. The number of hydrogen-bond acceptors (Lipinski definition) is 4. The molecule has 2 aromatic carbocycles. The Morgan fingerprint density at radius 3 is 2.48 bits per heavy atom. The summed E-state index contributed by atoms with van der Waals surface area (Å²) >= 11 is 6.12. The molecule has 0 aromatic heterocycles. The quantitative estimate of drug-likeness (QED) is 0.855. The maximum Gasteiger partial charge on any atom is 0.337 e. The zero-order valence-electron chi connectivity index (χ0n) is 11.9. The highest BCUT2D eigenvalue weighted by Crippen LogP contribution is 2.24. The fourth-order valence-electron chi connectivity index (χ4n) is 1.85. The molecule has 0 spiro atoms. The van der Waals surface area contributed by atoms with Crippen LogP contribution in [-0.2, 0) is 11.3 Å². The molecular weight excluding hydrogens is 290 g/mol. The van der Waals surface area contributed by atoms with Crippen LogP contribution in [0.2, 0.25) is 5.02 Å². The molecule has 0 bridgehead atoms. The van der Waals surface area contributed by atoms with E-state index in [2.05, 4.69) is 5.32 Å². The predicted octanol–water partition coefficient (Wildman–Crippen LogP) is 3.75. The van der Waals surface area contributed by atoms with Gasteiger partial charge in [-0.2, -0.15) is 0 Å². The first-order valence-corrected chi connectivity index (χ1v) is 6.76. The number of anilines is 1. The fourth-order valence-corrected chi connectivity index (χ4v) is 2.03. The van der Waals surface area contributed by atoms with Gasteiger partial charge in [-0.05, 0) is 35.9 Å². The topological polar surface area (TPSA) is 47.6 Å². The lowest BCUT2D eigenvalue weighted by Gasteiger charge is -2.10. The Hall–Kier alpha value is -2.20. The number of esters is 1. The lowest BCUT2D eigenvalue weighted by atomic mass is 10.2. The second kappa shape index (κ2) is 6.99. The van der Waals surface area contributed by atoms with Crippen LogP contribution < -0.4 is 10.1 Å². The molecule has 0 aliphatic rings. The molecule has 21 heavy (non-hydrogen) atoms. The SMILES string of the molecule is COC(=O)c1ccc(Cl)c(NCc2ccc(OC)cc2)c1. The Bertz CT molecular complexity index is 626. The highest BCUT2D eigenvalue weighted by atomic mass is 35.5. The molecule has 0 aliphatic carbocycles. The van der Waals surface area contributed by atoms with Crippen LogP contribution in [0.4, 0.5) is 5.69 Å². The minimum atomic E-state index is -0.390. The van der Waals surface area contributed by atoms with Crippen LogP contribution in [0.15, 0.2) is 42.5 Å². The van der Waals surface area contributed by atoms with E-state index >= 15 is 0 Å². The van der Waals surface area contributed by atoms with E-state index < -0.39 is 0 Å². The summed E-state index contributed by atoms with van der Waals surface area (Å²) in [6.45, 7) is 0.592. The minimum Gasteiger partial charge on any atom is -0.497 e. The molecule has 1 N–H and O–H groups in total. The van der Waals surface area contributed by atoms with Gasteiger partial charge in [-0.3, -0.25) is 0 Å². The molecule has 0 radical (unpaired) electrons. The summed E-state index contributed by atoms with van der Waals surface area (Å²) in [4.78, 5) is 11.5. The third-order valence-corrected chi connectivity index (χ3v) is 3.36. The number of carbonyl (C=O) groups is 1. The first kappa shape index (κ1) is 15.2. The van der Waals surface area contributed by atoms with Crippen molar-refractivity contribution in [3.05, 3.63) is 58.6 Å². The van der Waals surface area contributed by atoms with E-state index in [0.29, 0.717) is 22.8 Å². The van der Waals surface area contributed by atoms with E-state index in [-0.39, 0.29) is 5.97 Å². The molecule has 2 rings (SSSR count). The van der Waals surface area contributed by atoms with Gasteiger partial charge in [0.05, 0.1) is 30.5 Å². The smallest absolute Gasteiger partial charge is 0.337 e. The summed E-state index contributed by atoms with van der Waals surface area (Å²) in [5, 5.41) is 3.76. The molecule has 0 heterocycles. The molecule has 0 fully saturated rings. The number of methoxy groups -OCH3 is 2. The van der Waals surface area contributed by atoms with Crippen molar-refractivity contribution in [3.8, 4) is 5.75 Å². The summed E-state index contributed by atoms with van der Waals surface area (Å²) in [6, 6.07) is 12.7. The fraction of sp³-hybridized carbons (Fsp3) is 0.188. The van der Waals surface area contributed by atoms with Crippen LogP contribution in [0.1, 0.15) is 15.9 Å². The molecule has 0 saturated carbocycles. The van der Waals surface area contributed by atoms with Gasteiger partial charge in [-0.15, -0.1) is 0 Å². The summed E-state index contributed by atoms with van der Waals surface area (Å²) < 4.78 is 9.81. The van der Waals surface area contributed by atoms with Crippen LogP contribution in [0.25, 0.3) is 0 Å². The molecule has 0 atom stereocenters. The third-order valence-electron chi connectivity index (χ3n) is 3.03. The first-order chi connectivity index (χ1) is 10.1. The number of benzene rings is 2. The van der Waals surface area contributed by atoms with Crippen molar-refractivity contribution < 1.29 is 14.3 Å². The van der Waals surface area contributed by atoms with Gasteiger partial charge < -0.3 is 14.8 Å². The van der Waals surface area contributed by atoms with E-state index in [0.717, 1.165) is 11.3 Å². The summed E-state index contributed by atoms with van der Waals surface area (Å²) in [5.74, 6) is 0.420. The van der Waals surface area contributed by atoms with Crippen molar-refractivity contribution >= 4 is 23.3 Å². The van der Waals surface area contributed by atoms with Crippen molar-refractivity contribution in [2.45, 2.75) is 6.54 Å². The van der Waals surface area contributed by atoms with Crippen LogP contribution in [0, 0.1) is 0 Å². The molecule has 4 nitrogen and oxygen atoms in total. The first-order valence-electron chi connectivity index (χ1n) is 6.38. The molecule has 0 saturated heterocycles. The van der Waals surface area contributed by atoms with Gasteiger partial charge in [-0.25, -0.2) is 4.79 Å². The average Bonchev–Trinajstić information content (AvgIpc) is 2.53. The normalized spacial score (nSPS) is 10.0. The molecular formula is C16H16ClNO3. The Labute approximate surface area is 128 Å². The maximum absolute atomic E-state index is 11.5. The Morgan fingerprint density at radius 1 is 1.14 bits per heavy atom.